The topological polar surface area (TPSA) is 237 Å². The third-order valence-electron chi connectivity index (χ3n) is 15.5. The molecule has 0 aromatic rings. The van der Waals surface area contributed by atoms with Gasteiger partial charge in [-0.25, -0.2) is 9.13 Å². The first-order chi connectivity index (χ1) is 41.4. The molecule has 19 heteroatoms. The number of carbonyl (C=O) groups excluding carboxylic acids is 4. The Hall–Kier alpha value is -1.94. The predicted octanol–water partition coefficient (Wildman–Crippen LogP) is 18.8. The van der Waals surface area contributed by atoms with Crippen molar-refractivity contribution in [2.45, 2.75) is 355 Å². The van der Waals surface area contributed by atoms with Crippen LogP contribution in [0.3, 0.4) is 0 Å². The summed E-state index contributed by atoms with van der Waals surface area (Å²) in [5.74, 6) is -0.722. The van der Waals surface area contributed by atoms with Crippen molar-refractivity contribution in [3.8, 4) is 0 Å². The fourth-order valence-corrected chi connectivity index (χ4v) is 11.6. The van der Waals surface area contributed by atoms with Crippen molar-refractivity contribution >= 4 is 39.5 Å². The normalized spacial score (nSPS) is 14.2. The summed E-state index contributed by atoms with van der Waals surface area (Å²) in [6, 6.07) is 0. The molecule has 0 saturated carbocycles. The van der Waals surface area contributed by atoms with Crippen LogP contribution in [-0.4, -0.2) is 96.7 Å². The molecule has 0 amide bonds. The maximum absolute atomic E-state index is 13.0. The first-order valence-corrected chi connectivity index (χ1v) is 38.0. The summed E-state index contributed by atoms with van der Waals surface area (Å²) in [5, 5.41) is 10.5. The molecule has 0 bridgehead atoms. The number of phosphoric ester groups is 2. The van der Waals surface area contributed by atoms with Crippen LogP contribution in [0.25, 0.3) is 0 Å². The lowest BCUT2D eigenvalue weighted by atomic mass is 10.0. The number of hydrogen-bond acceptors (Lipinski definition) is 15. The number of unbranched alkanes of at least 4 members (excludes halogenated alkanes) is 36. The van der Waals surface area contributed by atoms with Crippen LogP contribution >= 0.6 is 15.6 Å². The molecule has 510 valence electrons. The van der Waals surface area contributed by atoms with Crippen LogP contribution in [0.15, 0.2) is 0 Å². The molecule has 0 fully saturated rings. The Bertz CT molecular complexity index is 1680. The molecule has 0 rings (SSSR count). The molecule has 0 aliphatic carbocycles. The Labute approximate surface area is 524 Å². The number of ether oxygens (including phenoxy) is 4. The van der Waals surface area contributed by atoms with E-state index in [4.69, 9.17) is 37.0 Å². The lowest BCUT2D eigenvalue weighted by Crippen LogP contribution is -2.30. The molecule has 0 aliphatic heterocycles. The van der Waals surface area contributed by atoms with E-state index in [1.165, 1.54) is 148 Å². The first-order valence-electron chi connectivity index (χ1n) is 35.0. The van der Waals surface area contributed by atoms with Crippen molar-refractivity contribution in [2.24, 2.45) is 11.8 Å². The van der Waals surface area contributed by atoms with Crippen molar-refractivity contribution in [1.29, 1.82) is 0 Å². The Kier molecular flexibility index (Phi) is 58.0. The molecule has 0 aromatic heterocycles. The van der Waals surface area contributed by atoms with E-state index >= 15 is 0 Å². The van der Waals surface area contributed by atoms with Gasteiger partial charge < -0.3 is 33.8 Å². The van der Waals surface area contributed by atoms with Crippen LogP contribution in [0, 0.1) is 11.8 Å². The quantitative estimate of drug-likeness (QED) is 0.0222. The molecule has 0 saturated heterocycles. The van der Waals surface area contributed by atoms with Gasteiger partial charge in [0.2, 0.25) is 0 Å². The van der Waals surface area contributed by atoms with Gasteiger partial charge in [0.05, 0.1) is 26.4 Å². The van der Waals surface area contributed by atoms with Gasteiger partial charge in [-0.15, -0.1) is 0 Å². The Morgan fingerprint density at radius 2 is 0.535 bits per heavy atom. The molecule has 3 N–H and O–H groups in total. The standard InChI is InChI=1S/C67H130O17P2/c1-7-9-11-13-15-17-18-19-20-21-22-23-24-27-32-39-45-51-66(71)83-62(55-78-65(70)50-44-38-31-28-25-26-29-35-41-47-59(3)4)57-81-85(73,74)79-53-61(68)54-80-86(75,76)82-58-63(56-77-64(69)49-43-37-30-16-14-12-10-8-2)84-67(72)52-46-40-34-33-36-42-48-60(5)6/h59-63,68H,7-58H2,1-6H3,(H,73,74)(H,75,76)/t61-,62-,63-/m1/s1. The van der Waals surface area contributed by atoms with Gasteiger partial charge in [0.15, 0.2) is 12.2 Å². The average Bonchev–Trinajstić information content (AvgIpc) is 3.62. The summed E-state index contributed by atoms with van der Waals surface area (Å²) in [6.45, 7) is 9.39. The predicted molar refractivity (Wildman–Crippen MR) is 345 cm³/mol. The molecule has 2 unspecified atom stereocenters. The zero-order valence-corrected chi connectivity index (χ0v) is 57.4. The van der Waals surface area contributed by atoms with E-state index in [1.54, 1.807) is 0 Å². The van der Waals surface area contributed by atoms with Gasteiger partial charge in [-0.2, -0.15) is 0 Å². The highest BCUT2D eigenvalue weighted by atomic mass is 31.2. The molecule has 0 aromatic carbocycles. The summed E-state index contributed by atoms with van der Waals surface area (Å²) in [6.07, 6.45) is 43.3. The third-order valence-corrected chi connectivity index (χ3v) is 17.4. The number of carbonyl (C=O) groups is 4. The lowest BCUT2D eigenvalue weighted by molar-refractivity contribution is -0.161. The number of rotatable bonds is 66. The van der Waals surface area contributed by atoms with E-state index in [0.29, 0.717) is 31.6 Å². The van der Waals surface area contributed by atoms with Crippen molar-refractivity contribution in [1.82, 2.24) is 0 Å². The molecular weight excluding hydrogens is 1140 g/mol. The van der Waals surface area contributed by atoms with Crippen LogP contribution < -0.4 is 0 Å². The number of aliphatic hydroxyl groups excluding tert-OH is 1. The second kappa shape index (κ2) is 59.4. The average molecular weight is 1270 g/mol. The van der Waals surface area contributed by atoms with Crippen LogP contribution in [0.5, 0.6) is 0 Å². The molecule has 17 nitrogen and oxygen atoms in total. The summed E-state index contributed by atoms with van der Waals surface area (Å²) in [4.78, 5) is 72.2. The maximum Gasteiger partial charge on any atom is 0.472 e. The van der Waals surface area contributed by atoms with Crippen molar-refractivity contribution in [2.75, 3.05) is 39.6 Å². The summed E-state index contributed by atoms with van der Waals surface area (Å²) in [5.41, 5.74) is 0. The highest BCUT2D eigenvalue weighted by Crippen LogP contribution is 2.45. The monoisotopic (exact) mass is 1270 g/mol. The maximum atomic E-state index is 13.0. The Morgan fingerprint density at radius 3 is 0.791 bits per heavy atom. The highest BCUT2D eigenvalue weighted by Gasteiger charge is 2.30. The molecule has 86 heavy (non-hydrogen) atoms. The summed E-state index contributed by atoms with van der Waals surface area (Å²) in [7, 11) is -9.89. The van der Waals surface area contributed by atoms with E-state index in [0.717, 1.165) is 102 Å². The smallest absolute Gasteiger partial charge is 0.462 e. The van der Waals surface area contributed by atoms with Gasteiger partial charge >= 0.3 is 39.5 Å². The van der Waals surface area contributed by atoms with Crippen molar-refractivity contribution in [3.63, 3.8) is 0 Å². The largest absolute Gasteiger partial charge is 0.472 e. The van der Waals surface area contributed by atoms with Crippen LogP contribution in [0.4, 0.5) is 0 Å². The minimum absolute atomic E-state index is 0.102. The number of aliphatic hydroxyl groups is 1. The molecule has 0 spiro atoms. The molecule has 0 heterocycles. The van der Waals surface area contributed by atoms with E-state index in [-0.39, 0.29) is 25.7 Å². The van der Waals surface area contributed by atoms with Gasteiger partial charge in [-0.1, -0.05) is 286 Å². The summed E-state index contributed by atoms with van der Waals surface area (Å²) >= 11 is 0. The summed E-state index contributed by atoms with van der Waals surface area (Å²) < 4.78 is 68.0. The van der Waals surface area contributed by atoms with Gasteiger partial charge in [-0.05, 0) is 37.5 Å². The Morgan fingerprint density at radius 1 is 0.314 bits per heavy atom. The number of hydrogen-bond donors (Lipinski definition) is 3. The van der Waals surface area contributed by atoms with Gasteiger partial charge in [0, 0.05) is 25.7 Å². The molecule has 0 radical (unpaired) electrons. The second-order valence-corrected chi connectivity index (χ2v) is 28.1. The second-order valence-electron chi connectivity index (χ2n) is 25.2. The van der Waals surface area contributed by atoms with Crippen LogP contribution in [0.2, 0.25) is 0 Å². The van der Waals surface area contributed by atoms with E-state index in [2.05, 4.69) is 41.5 Å². The zero-order chi connectivity index (χ0) is 63.6. The first kappa shape index (κ1) is 84.1. The van der Waals surface area contributed by atoms with Gasteiger partial charge in [-0.3, -0.25) is 37.3 Å². The van der Waals surface area contributed by atoms with E-state index in [1.807, 2.05) is 0 Å². The third kappa shape index (κ3) is 60.9. The van der Waals surface area contributed by atoms with Crippen LogP contribution in [-0.2, 0) is 65.4 Å². The Balaban J connectivity index is 5.20. The van der Waals surface area contributed by atoms with Gasteiger partial charge in [0.25, 0.3) is 0 Å². The zero-order valence-electron chi connectivity index (χ0n) is 55.6. The SMILES string of the molecule is CCCCCCCCCCCCCCCCCCCC(=O)O[C@H](COC(=O)CCCCCCCCCCCC(C)C)COP(=O)(O)OC[C@@H](O)COP(=O)(O)OC[C@@H](COC(=O)CCCCCCCCCC)OC(=O)CCCCCCCCC(C)C. The molecule has 5 atom stereocenters. The highest BCUT2D eigenvalue weighted by molar-refractivity contribution is 7.47. The molecular formula is C67H130O17P2. The van der Waals surface area contributed by atoms with E-state index in [9.17, 15) is 43.2 Å². The minimum Gasteiger partial charge on any atom is -0.462 e. The van der Waals surface area contributed by atoms with Crippen molar-refractivity contribution < 1.29 is 80.2 Å². The fourth-order valence-electron chi connectivity index (χ4n) is 10.1. The van der Waals surface area contributed by atoms with Gasteiger partial charge in [0.1, 0.15) is 19.3 Å². The van der Waals surface area contributed by atoms with Crippen molar-refractivity contribution in [3.05, 3.63) is 0 Å². The number of phosphoric acid groups is 2. The van der Waals surface area contributed by atoms with Crippen LogP contribution in [0.1, 0.15) is 337 Å². The fraction of sp³-hybridized carbons (Fsp3) is 0.940. The van der Waals surface area contributed by atoms with E-state index < -0.39 is 97.5 Å². The minimum atomic E-state index is -4.95. The lowest BCUT2D eigenvalue weighted by Gasteiger charge is -2.21. The molecule has 0 aliphatic rings. The number of esters is 4.